The molecule has 7 heteroatoms. The molecule has 1 aromatic heterocycles. The first-order valence-electron chi connectivity index (χ1n) is 9.77. The number of hydrogen-bond donors (Lipinski definition) is 1. The Bertz CT molecular complexity index is 752. The lowest BCUT2D eigenvalue weighted by atomic mass is 10.1. The quantitative estimate of drug-likeness (QED) is 0.806. The molecule has 7 nitrogen and oxygen atoms in total. The Kier molecular flexibility index (Phi) is 6.58. The van der Waals surface area contributed by atoms with Gasteiger partial charge in [0, 0.05) is 38.3 Å². The summed E-state index contributed by atoms with van der Waals surface area (Å²) in [6.07, 6.45) is 1.68. The molecular formula is C20H29N5O2. The number of hydrogen-bond acceptors (Lipinski definition) is 6. The lowest BCUT2D eigenvalue weighted by Crippen LogP contribution is -2.49. The first kappa shape index (κ1) is 19.5. The summed E-state index contributed by atoms with van der Waals surface area (Å²) in [6.45, 7) is 10.1. The van der Waals surface area contributed by atoms with Gasteiger partial charge in [-0.1, -0.05) is 37.2 Å². The van der Waals surface area contributed by atoms with E-state index in [-0.39, 0.29) is 11.9 Å². The SMILES string of the molecule is CCc1noc([C@@H](C)N2CCN(CC(=O)Nc3ccccc3CC)CC2)n1. The van der Waals surface area contributed by atoms with Crippen LogP contribution in [0.1, 0.15) is 44.1 Å². The molecule has 3 rings (SSSR count). The molecule has 0 radical (unpaired) electrons. The molecule has 1 aliphatic heterocycles. The highest BCUT2D eigenvalue weighted by Crippen LogP contribution is 2.20. The molecule has 1 saturated heterocycles. The number of nitrogens with one attached hydrogen (secondary N) is 1. The average molecular weight is 371 g/mol. The lowest BCUT2D eigenvalue weighted by Gasteiger charge is -2.36. The first-order valence-corrected chi connectivity index (χ1v) is 9.77. The number of nitrogens with zero attached hydrogens (tertiary/aromatic N) is 4. The summed E-state index contributed by atoms with van der Waals surface area (Å²) in [7, 11) is 0. The monoisotopic (exact) mass is 371 g/mol. The zero-order chi connectivity index (χ0) is 19.2. The number of benzene rings is 1. The molecule has 1 aromatic carbocycles. The molecule has 1 atom stereocenters. The molecule has 0 aliphatic carbocycles. The summed E-state index contributed by atoms with van der Waals surface area (Å²) in [5.74, 6) is 1.47. The molecule has 0 unspecified atom stereocenters. The van der Waals surface area contributed by atoms with E-state index in [1.807, 2.05) is 25.1 Å². The third-order valence-corrected chi connectivity index (χ3v) is 5.15. The third kappa shape index (κ3) is 4.93. The van der Waals surface area contributed by atoms with Gasteiger partial charge in [0.15, 0.2) is 5.82 Å². The van der Waals surface area contributed by atoms with E-state index >= 15 is 0 Å². The second kappa shape index (κ2) is 9.10. The highest BCUT2D eigenvalue weighted by Gasteiger charge is 2.26. The fraction of sp³-hybridized carbons (Fsp3) is 0.550. The van der Waals surface area contributed by atoms with E-state index in [1.54, 1.807) is 0 Å². The van der Waals surface area contributed by atoms with Crippen molar-refractivity contribution in [1.82, 2.24) is 19.9 Å². The molecule has 1 N–H and O–H groups in total. The van der Waals surface area contributed by atoms with Crippen LogP contribution in [0, 0.1) is 0 Å². The van der Waals surface area contributed by atoms with Crippen LogP contribution in [0.5, 0.6) is 0 Å². The predicted molar refractivity (Wildman–Crippen MR) is 105 cm³/mol. The summed E-state index contributed by atoms with van der Waals surface area (Å²) < 4.78 is 5.37. The Morgan fingerprint density at radius 2 is 1.93 bits per heavy atom. The molecular weight excluding hydrogens is 342 g/mol. The van der Waals surface area contributed by atoms with Crippen LogP contribution in [0.3, 0.4) is 0 Å². The Labute approximate surface area is 160 Å². The van der Waals surface area contributed by atoms with Crippen LogP contribution in [-0.2, 0) is 17.6 Å². The smallest absolute Gasteiger partial charge is 0.243 e. The maximum Gasteiger partial charge on any atom is 0.243 e. The van der Waals surface area contributed by atoms with Gasteiger partial charge in [-0.25, -0.2) is 0 Å². The van der Waals surface area contributed by atoms with Crippen molar-refractivity contribution in [2.75, 3.05) is 38.0 Å². The summed E-state index contributed by atoms with van der Waals surface area (Å²) in [5, 5.41) is 7.03. The summed E-state index contributed by atoms with van der Waals surface area (Å²) in [4.78, 5) is 21.4. The third-order valence-electron chi connectivity index (χ3n) is 5.15. The fourth-order valence-electron chi connectivity index (χ4n) is 3.39. The highest BCUT2D eigenvalue weighted by atomic mass is 16.5. The molecule has 0 bridgehead atoms. The van der Waals surface area contributed by atoms with E-state index in [2.05, 4.69) is 45.2 Å². The first-order chi connectivity index (χ1) is 13.1. The van der Waals surface area contributed by atoms with Crippen LogP contribution in [-0.4, -0.2) is 58.6 Å². The standard InChI is InChI=1S/C20H29N5O2/c1-4-16-8-6-7-9-17(16)21-19(26)14-24-10-12-25(13-11-24)15(3)20-22-18(5-2)23-27-20/h6-9,15H,4-5,10-14H2,1-3H3,(H,21,26)/t15-/m1/s1. The van der Waals surface area contributed by atoms with E-state index in [0.717, 1.165) is 56.1 Å². The molecule has 2 heterocycles. The number of carbonyl (C=O) groups excluding carboxylic acids is 1. The molecule has 27 heavy (non-hydrogen) atoms. The van der Waals surface area contributed by atoms with Gasteiger partial charge in [0.05, 0.1) is 12.6 Å². The Morgan fingerprint density at radius 3 is 2.59 bits per heavy atom. The van der Waals surface area contributed by atoms with Gasteiger partial charge in [0.1, 0.15) is 0 Å². The van der Waals surface area contributed by atoms with Crippen molar-refractivity contribution in [3.05, 3.63) is 41.5 Å². The average Bonchev–Trinajstić information content (AvgIpc) is 3.17. The van der Waals surface area contributed by atoms with Crippen LogP contribution in [0.15, 0.2) is 28.8 Å². The van der Waals surface area contributed by atoms with Crippen LogP contribution in [0.2, 0.25) is 0 Å². The number of carbonyl (C=O) groups is 1. The minimum Gasteiger partial charge on any atom is -0.338 e. The van der Waals surface area contributed by atoms with Crippen LogP contribution in [0.25, 0.3) is 0 Å². The molecule has 0 saturated carbocycles. The zero-order valence-corrected chi connectivity index (χ0v) is 16.4. The van der Waals surface area contributed by atoms with E-state index in [0.29, 0.717) is 12.4 Å². The molecule has 0 spiro atoms. The number of piperazine rings is 1. The van der Waals surface area contributed by atoms with Crippen molar-refractivity contribution >= 4 is 11.6 Å². The molecule has 1 fully saturated rings. The predicted octanol–water partition coefficient (Wildman–Crippen LogP) is 2.51. The van der Waals surface area contributed by atoms with Crippen molar-refractivity contribution in [3.63, 3.8) is 0 Å². The van der Waals surface area contributed by atoms with Gasteiger partial charge >= 0.3 is 0 Å². The van der Waals surface area contributed by atoms with Gasteiger partial charge in [-0.05, 0) is 25.0 Å². The molecule has 2 aromatic rings. The molecule has 1 amide bonds. The Morgan fingerprint density at radius 1 is 1.19 bits per heavy atom. The number of aromatic nitrogens is 2. The van der Waals surface area contributed by atoms with Crippen LogP contribution >= 0.6 is 0 Å². The number of para-hydroxylation sites is 1. The van der Waals surface area contributed by atoms with Gasteiger partial charge in [0.2, 0.25) is 11.8 Å². The Hall–Kier alpha value is -2.25. The topological polar surface area (TPSA) is 74.5 Å². The number of rotatable bonds is 7. The Balaban J connectivity index is 1.48. The summed E-state index contributed by atoms with van der Waals surface area (Å²) >= 11 is 0. The highest BCUT2D eigenvalue weighted by molar-refractivity contribution is 5.93. The normalized spacial score (nSPS) is 17.0. The van der Waals surface area contributed by atoms with Crippen molar-refractivity contribution in [2.24, 2.45) is 0 Å². The minimum atomic E-state index is 0.0434. The number of aryl methyl sites for hydroxylation is 2. The van der Waals surface area contributed by atoms with Crippen molar-refractivity contribution in [2.45, 2.75) is 39.7 Å². The van der Waals surface area contributed by atoms with Gasteiger partial charge in [-0.15, -0.1) is 0 Å². The van der Waals surface area contributed by atoms with E-state index in [4.69, 9.17) is 4.52 Å². The zero-order valence-electron chi connectivity index (χ0n) is 16.4. The van der Waals surface area contributed by atoms with E-state index in [1.165, 1.54) is 0 Å². The number of anilines is 1. The van der Waals surface area contributed by atoms with Crippen molar-refractivity contribution < 1.29 is 9.32 Å². The van der Waals surface area contributed by atoms with E-state index in [9.17, 15) is 4.79 Å². The van der Waals surface area contributed by atoms with Gasteiger partial charge in [-0.2, -0.15) is 4.98 Å². The maximum atomic E-state index is 12.4. The molecule has 1 aliphatic rings. The van der Waals surface area contributed by atoms with Crippen molar-refractivity contribution in [3.8, 4) is 0 Å². The van der Waals surface area contributed by atoms with E-state index < -0.39 is 0 Å². The summed E-state index contributed by atoms with van der Waals surface area (Å²) in [5.41, 5.74) is 2.08. The van der Waals surface area contributed by atoms with Gasteiger partial charge in [0.25, 0.3) is 0 Å². The lowest BCUT2D eigenvalue weighted by molar-refractivity contribution is -0.117. The van der Waals surface area contributed by atoms with Gasteiger partial charge < -0.3 is 9.84 Å². The minimum absolute atomic E-state index is 0.0434. The van der Waals surface area contributed by atoms with Crippen LogP contribution < -0.4 is 5.32 Å². The van der Waals surface area contributed by atoms with Crippen molar-refractivity contribution in [1.29, 1.82) is 0 Å². The fourth-order valence-corrected chi connectivity index (χ4v) is 3.39. The summed E-state index contributed by atoms with van der Waals surface area (Å²) in [6, 6.07) is 8.07. The maximum absolute atomic E-state index is 12.4. The largest absolute Gasteiger partial charge is 0.338 e. The van der Waals surface area contributed by atoms with Gasteiger partial charge in [-0.3, -0.25) is 14.6 Å². The molecule has 146 valence electrons. The second-order valence-corrected chi connectivity index (χ2v) is 6.95. The second-order valence-electron chi connectivity index (χ2n) is 6.95. The number of amides is 1. The van der Waals surface area contributed by atoms with Crippen LogP contribution in [0.4, 0.5) is 5.69 Å².